The monoisotopic (exact) mass is 322 g/mol. The number of carboxylic acid groups (broad SMARTS) is 1. The number of aromatic nitrogens is 2. The molecule has 0 saturated carbocycles. The molecule has 0 aliphatic heterocycles. The van der Waals surface area contributed by atoms with Gasteiger partial charge in [-0.15, -0.1) is 0 Å². The van der Waals surface area contributed by atoms with E-state index in [0.717, 1.165) is 19.4 Å². The van der Waals surface area contributed by atoms with Gasteiger partial charge in [-0.25, -0.2) is 4.79 Å². The van der Waals surface area contributed by atoms with Crippen molar-refractivity contribution < 1.29 is 9.90 Å². The van der Waals surface area contributed by atoms with E-state index in [1.807, 2.05) is 22.6 Å². The van der Waals surface area contributed by atoms with Crippen molar-refractivity contribution in [3.05, 3.63) is 15.5 Å². The van der Waals surface area contributed by atoms with Crippen molar-refractivity contribution in [3.63, 3.8) is 0 Å². The summed E-state index contributed by atoms with van der Waals surface area (Å²) in [6, 6.07) is 0. The molecular formula is C10H15IN2O2. The van der Waals surface area contributed by atoms with Crippen molar-refractivity contribution in [1.82, 2.24) is 9.78 Å². The van der Waals surface area contributed by atoms with Crippen LogP contribution < -0.4 is 0 Å². The second kappa shape index (κ2) is 5.48. The molecule has 0 fully saturated rings. The molecule has 0 spiro atoms. The molecule has 15 heavy (non-hydrogen) atoms. The van der Waals surface area contributed by atoms with Crippen LogP contribution in [0.4, 0.5) is 0 Å². The van der Waals surface area contributed by atoms with E-state index < -0.39 is 5.97 Å². The maximum absolute atomic E-state index is 10.8. The minimum Gasteiger partial charge on any atom is -0.478 e. The zero-order chi connectivity index (χ0) is 11.4. The van der Waals surface area contributed by atoms with E-state index in [-0.39, 0.29) is 0 Å². The van der Waals surface area contributed by atoms with E-state index in [1.165, 1.54) is 6.20 Å². The fourth-order valence-corrected chi connectivity index (χ4v) is 2.12. The maximum Gasteiger partial charge on any atom is 0.340 e. The highest BCUT2D eigenvalue weighted by Crippen LogP contribution is 2.16. The largest absolute Gasteiger partial charge is 0.478 e. The molecule has 1 aromatic heterocycles. The van der Waals surface area contributed by atoms with Crippen LogP contribution in [-0.4, -0.2) is 20.9 Å². The molecule has 0 amide bonds. The molecule has 84 valence electrons. The van der Waals surface area contributed by atoms with Crippen LogP contribution in [0.1, 0.15) is 37.0 Å². The van der Waals surface area contributed by atoms with Gasteiger partial charge in [-0.1, -0.05) is 26.7 Å². The lowest BCUT2D eigenvalue weighted by Crippen LogP contribution is -2.12. The molecule has 0 aromatic carbocycles. The van der Waals surface area contributed by atoms with Crippen LogP contribution in [0.3, 0.4) is 0 Å². The van der Waals surface area contributed by atoms with Gasteiger partial charge in [-0.2, -0.15) is 5.10 Å². The van der Waals surface area contributed by atoms with Gasteiger partial charge in [0.15, 0.2) is 0 Å². The van der Waals surface area contributed by atoms with E-state index in [2.05, 4.69) is 18.9 Å². The zero-order valence-corrected chi connectivity index (χ0v) is 11.1. The molecule has 0 radical (unpaired) electrons. The van der Waals surface area contributed by atoms with E-state index >= 15 is 0 Å². The van der Waals surface area contributed by atoms with Gasteiger partial charge in [0.05, 0.1) is 6.20 Å². The molecule has 0 saturated heterocycles. The number of aromatic carboxylic acids is 1. The zero-order valence-electron chi connectivity index (χ0n) is 8.90. The highest BCUT2D eigenvalue weighted by Gasteiger charge is 2.15. The third-order valence-corrected chi connectivity index (χ3v) is 3.73. The SMILES string of the molecule is CCC(CC)Cn1ncc(C(=O)O)c1I. The molecule has 0 atom stereocenters. The first-order chi connectivity index (χ1) is 7.10. The average Bonchev–Trinajstić information content (AvgIpc) is 2.56. The summed E-state index contributed by atoms with van der Waals surface area (Å²) in [5.74, 6) is -0.338. The molecule has 1 N–H and O–H groups in total. The smallest absolute Gasteiger partial charge is 0.340 e. The highest BCUT2D eigenvalue weighted by atomic mass is 127. The Morgan fingerprint density at radius 2 is 2.20 bits per heavy atom. The second-order valence-electron chi connectivity index (χ2n) is 3.52. The minimum absolute atomic E-state index is 0.293. The lowest BCUT2D eigenvalue weighted by atomic mass is 10.0. The molecule has 1 rings (SSSR count). The van der Waals surface area contributed by atoms with Gasteiger partial charge in [0.25, 0.3) is 0 Å². The topological polar surface area (TPSA) is 55.1 Å². The predicted molar refractivity (Wildman–Crippen MR) is 66.0 cm³/mol. The van der Waals surface area contributed by atoms with E-state index in [1.54, 1.807) is 4.68 Å². The predicted octanol–water partition coefficient (Wildman–Crippen LogP) is 2.62. The molecule has 0 aliphatic carbocycles. The number of rotatable bonds is 5. The summed E-state index contributed by atoms with van der Waals surface area (Å²) >= 11 is 2.04. The lowest BCUT2D eigenvalue weighted by molar-refractivity contribution is 0.0695. The summed E-state index contributed by atoms with van der Waals surface area (Å²) in [6.07, 6.45) is 3.61. The van der Waals surface area contributed by atoms with Crippen LogP contribution in [0.2, 0.25) is 0 Å². The van der Waals surface area contributed by atoms with Crippen LogP contribution in [0.25, 0.3) is 0 Å². The third-order valence-electron chi connectivity index (χ3n) is 2.59. The summed E-state index contributed by atoms with van der Waals surface area (Å²) < 4.78 is 2.49. The van der Waals surface area contributed by atoms with Crippen molar-refractivity contribution in [2.24, 2.45) is 5.92 Å². The first-order valence-corrected chi connectivity index (χ1v) is 6.12. The quantitative estimate of drug-likeness (QED) is 0.848. The minimum atomic E-state index is -0.907. The Labute approximate surface area is 103 Å². The van der Waals surface area contributed by atoms with Crippen molar-refractivity contribution >= 4 is 28.6 Å². The number of hydrogen-bond acceptors (Lipinski definition) is 2. The normalized spacial score (nSPS) is 10.9. The molecule has 0 unspecified atom stereocenters. The summed E-state index contributed by atoms with van der Waals surface area (Å²) in [5, 5.41) is 13.0. The Morgan fingerprint density at radius 3 is 2.60 bits per heavy atom. The molecule has 5 heteroatoms. The van der Waals surface area contributed by atoms with Crippen LogP contribution in [0.5, 0.6) is 0 Å². The Hall–Kier alpha value is -0.590. The summed E-state index contributed by atoms with van der Waals surface area (Å²) in [4.78, 5) is 10.8. The Kier molecular flexibility index (Phi) is 4.56. The summed E-state index contributed by atoms with van der Waals surface area (Å²) in [7, 11) is 0. The molecule has 4 nitrogen and oxygen atoms in total. The van der Waals surface area contributed by atoms with Crippen molar-refractivity contribution in [3.8, 4) is 0 Å². The lowest BCUT2D eigenvalue weighted by Gasteiger charge is -2.12. The number of halogens is 1. The van der Waals surface area contributed by atoms with Gasteiger partial charge < -0.3 is 5.11 Å². The average molecular weight is 322 g/mol. The number of nitrogens with zero attached hydrogens (tertiary/aromatic N) is 2. The Bertz CT molecular complexity index is 345. The van der Waals surface area contributed by atoms with Gasteiger partial charge in [0, 0.05) is 6.54 Å². The van der Waals surface area contributed by atoms with Crippen LogP contribution in [0.15, 0.2) is 6.20 Å². The molecule has 1 heterocycles. The van der Waals surface area contributed by atoms with Gasteiger partial charge in [-0.3, -0.25) is 4.68 Å². The number of carbonyl (C=O) groups is 1. The van der Waals surface area contributed by atoms with E-state index in [0.29, 0.717) is 15.2 Å². The molecule has 1 aromatic rings. The van der Waals surface area contributed by atoms with Gasteiger partial charge in [-0.05, 0) is 28.5 Å². The summed E-state index contributed by atoms with van der Waals surface area (Å²) in [6.45, 7) is 5.09. The van der Waals surface area contributed by atoms with Crippen molar-refractivity contribution in [1.29, 1.82) is 0 Å². The first kappa shape index (κ1) is 12.5. The fourth-order valence-electron chi connectivity index (χ4n) is 1.43. The fraction of sp³-hybridized carbons (Fsp3) is 0.600. The molecule has 0 aliphatic rings. The Morgan fingerprint density at radius 1 is 1.60 bits per heavy atom. The van der Waals surface area contributed by atoms with E-state index in [4.69, 9.17) is 5.11 Å². The van der Waals surface area contributed by atoms with Crippen LogP contribution >= 0.6 is 22.6 Å². The second-order valence-corrected chi connectivity index (χ2v) is 4.54. The van der Waals surface area contributed by atoms with Gasteiger partial charge in [0.2, 0.25) is 0 Å². The number of hydrogen-bond donors (Lipinski definition) is 1. The van der Waals surface area contributed by atoms with Gasteiger partial charge in [0.1, 0.15) is 9.26 Å². The Balaban J connectivity index is 2.82. The van der Waals surface area contributed by atoms with Crippen LogP contribution in [0, 0.1) is 9.62 Å². The standard InChI is InChI=1S/C10H15IN2O2/c1-3-7(4-2)6-13-9(11)8(5-12-13)10(14)15/h5,7H,3-4,6H2,1-2H3,(H,14,15). The highest BCUT2D eigenvalue weighted by molar-refractivity contribution is 14.1. The molecular weight excluding hydrogens is 307 g/mol. The van der Waals surface area contributed by atoms with E-state index in [9.17, 15) is 4.79 Å². The number of carboxylic acids is 1. The van der Waals surface area contributed by atoms with Crippen molar-refractivity contribution in [2.75, 3.05) is 0 Å². The van der Waals surface area contributed by atoms with Crippen LogP contribution in [-0.2, 0) is 6.54 Å². The molecule has 0 bridgehead atoms. The third kappa shape index (κ3) is 2.93. The van der Waals surface area contributed by atoms with Gasteiger partial charge >= 0.3 is 5.97 Å². The first-order valence-electron chi connectivity index (χ1n) is 5.04. The maximum atomic E-state index is 10.8. The summed E-state index contributed by atoms with van der Waals surface area (Å²) in [5.41, 5.74) is 0.293. The van der Waals surface area contributed by atoms with Crippen molar-refractivity contribution in [2.45, 2.75) is 33.2 Å².